The minimum absolute atomic E-state index is 0.119. The van der Waals surface area contributed by atoms with Crippen LogP contribution in [0.1, 0.15) is 12.8 Å². The van der Waals surface area contributed by atoms with Gasteiger partial charge in [-0.2, -0.15) is 18.3 Å². The maximum absolute atomic E-state index is 14.7. The van der Waals surface area contributed by atoms with Gasteiger partial charge in [0.2, 0.25) is 0 Å². The first-order valence-corrected chi connectivity index (χ1v) is 12.5. The highest BCUT2D eigenvalue weighted by Gasteiger charge is 2.29. The van der Waals surface area contributed by atoms with Crippen molar-refractivity contribution in [2.75, 3.05) is 36.1 Å². The Morgan fingerprint density at radius 2 is 2.00 bits per heavy atom. The molecule has 1 fully saturated rings. The average Bonchev–Trinajstić information content (AvgIpc) is 3.36. The zero-order valence-corrected chi connectivity index (χ0v) is 21.5. The molecule has 9 nitrogen and oxygen atoms in total. The van der Waals surface area contributed by atoms with Crippen LogP contribution in [-0.4, -0.2) is 57.3 Å². The van der Waals surface area contributed by atoms with E-state index in [9.17, 15) is 22.7 Å². The number of nitrogens with zero attached hydrogens (tertiary/aromatic N) is 5. The van der Waals surface area contributed by atoms with Crippen molar-refractivity contribution >= 4 is 23.0 Å². The molecule has 0 amide bonds. The van der Waals surface area contributed by atoms with E-state index in [4.69, 9.17) is 10.5 Å². The number of nitrogens with one attached hydrogen (secondary N) is 1. The van der Waals surface area contributed by atoms with Gasteiger partial charge >= 0.3 is 6.18 Å². The van der Waals surface area contributed by atoms with Crippen molar-refractivity contribution in [1.82, 2.24) is 19.7 Å². The number of aromatic nitrogens is 4. The third-order valence-corrected chi connectivity index (χ3v) is 6.52. The van der Waals surface area contributed by atoms with Crippen molar-refractivity contribution in [3.05, 3.63) is 60.8 Å². The monoisotopic (exact) mass is 557 g/mol. The standard InChI is InChI=1S/C27H27F4N7O2/c1-40-22-6-2-5-19(28)25(22)26-20(32)7-8-23(36-26)35-24-10-21(37-9-3-4-17(39)14-37)18(12-33-24)16-11-34-38(13-16)15-27(29,30)31/h2,5-8,10-13,17,39H,3-4,9,14-15,32H2,1H3,(H,33,35,36)/t17-/m0/s1. The summed E-state index contributed by atoms with van der Waals surface area (Å²) in [7, 11) is 1.42. The lowest BCUT2D eigenvalue weighted by Crippen LogP contribution is -2.38. The highest BCUT2D eigenvalue weighted by molar-refractivity contribution is 5.82. The first-order chi connectivity index (χ1) is 19.1. The maximum atomic E-state index is 14.7. The number of pyridine rings is 2. The number of nitrogens with two attached hydrogens (primary N) is 1. The van der Waals surface area contributed by atoms with Crippen molar-refractivity contribution in [1.29, 1.82) is 0 Å². The van der Waals surface area contributed by atoms with E-state index >= 15 is 0 Å². The highest BCUT2D eigenvalue weighted by atomic mass is 19.4. The number of hydrogen-bond acceptors (Lipinski definition) is 8. The lowest BCUT2D eigenvalue weighted by Gasteiger charge is -2.33. The van der Waals surface area contributed by atoms with Crippen LogP contribution in [0.5, 0.6) is 5.75 Å². The number of rotatable bonds is 7. The van der Waals surface area contributed by atoms with Gasteiger partial charge in [0.1, 0.15) is 35.4 Å². The fraction of sp³-hybridized carbons (Fsp3) is 0.296. The van der Waals surface area contributed by atoms with Crippen molar-refractivity contribution in [3.8, 4) is 28.1 Å². The second kappa shape index (κ2) is 11.0. The van der Waals surface area contributed by atoms with E-state index in [1.165, 1.54) is 37.8 Å². The number of alkyl halides is 3. The summed E-state index contributed by atoms with van der Waals surface area (Å²) < 4.78 is 59.6. The molecule has 1 aliphatic rings. The van der Waals surface area contributed by atoms with Gasteiger partial charge in [0.25, 0.3) is 0 Å². The number of aliphatic hydroxyl groups is 1. The Balaban J connectivity index is 1.51. The van der Waals surface area contributed by atoms with E-state index in [2.05, 4.69) is 20.4 Å². The fourth-order valence-corrected chi connectivity index (χ4v) is 4.72. The van der Waals surface area contributed by atoms with Crippen molar-refractivity contribution in [2.24, 2.45) is 0 Å². The number of anilines is 4. The molecule has 0 aliphatic carbocycles. The van der Waals surface area contributed by atoms with Crippen LogP contribution in [0.3, 0.4) is 0 Å². The molecule has 0 unspecified atom stereocenters. The molecule has 0 saturated carbocycles. The normalized spacial score (nSPS) is 15.8. The van der Waals surface area contributed by atoms with Crippen LogP contribution in [0.15, 0.2) is 55.0 Å². The largest absolute Gasteiger partial charge is 0.496 e. The number of halogens is 4. The number of hydrogen-bond donors (Lipinski definition) is 3. The summed E-state index contributed by atoms with van der Waals surface area (Å²) >= 11 is 0. The summed E-state index contributed by atoms with van der Waals surface area (Å²) in [6, 6.07) is 9.35. The molecule has 13 heteroatoms. The van der Waals surface area contributed by atoms with E-state index in [0.717, 1.165) is 11.1 Å². The van der Waals surface area contributed by atoms with Gasteiger partial charge < -0.3 is 25.8 Å². The van der Waals surface area contributed by atoms with E-state index in [1.54, 1.807) is 24.3 Å². The Morgan fingerprint density at radius 1 is 1.18 bits per heavy atom. The van der Waals surface area contributed by atoms with Gasteiger partial charge in [-0.25, -0.2) is 14.4 Å². The van der Waals surface area contributed by atoms with Gasteiger partial charge in [-0.05, 0) is 37.1 Å². The number of benzene rings is 1. The van der Waals surface area contributed by atoms with Gasteiger partial charge in [-0.3, -0.25) is 4.68 Å². The molecule has 5 rings (SSSR count). The number of ether oxygens (including phenoxy) is 1. The molecule has 1 atom stereocenters. The fourth-order valence-electron chi connectivity index (χ4n) is 4.72. The van der Waals surface area contributed by atoms with Crippen LogP contribution < -0.4 is 20.7 Å². The molecule has 4 heterocycles. The Hall–Kier alpha value is -4.39. The molecule has 3 aromatic heterocycles. The summed E-state index contributed by atoms with van der Waals surface area (Å²) in [5.74, 6) is 0.439. The molecule has 0 radical (unpaired) electrons. The molecule has 4 N–H and O–H groups in total. The quantitative estimate of drug-likeness (QED) is 0.272. The minimum atomic E-state index is -4.41. The van der Waals surface area contributed by atoms with Crippen LogP contribution in [0.4, 0.5) is 40.6 Å². The molecular weight excluding hydrogens is 530 g/mol. The van der Waals surface area contributed by atoms with Gasteiger partial charge in [0.15, 0.2) is 0 Å². The van der Waals surface area contributed by atoms with Gasteiger partial charge in [-0.1, -0.05) is 6.07 Å². The third-order valence-electron chi connectivity index (χ3n) is 6.52. The van der Waals surface area contributed by atoms with E-state index < -0.39 is 24.6 Å². The first-order valence-electron chi connectivity index (χ1n) is 12.5. The molecule has 1 aliphatic heterocycles. The second-order valence-corrected chi connectivity index (χ2v) is 9.45. The predicted octanol–water partition coefficient (Wildman–Crippen LogP) is 5.00. The number of β-amino-alcohol motifs (C(OH)–C–C–N with tert-alkyl or cyclic N) is 1. The van der Waals surface area contributed by atoms with Gasteiger partial charge in [-0.15, -0.1) is 0 Å². The molecule has 40 heavy (non-hydrogen) atoms. The smallest absolute Gasteiger partial charge is 0.408 e. The molecule has 0 bridgehead atoms. The molecular formula is C27H27F4N7O2. The second-order valence-electron chi connectivity index (χ2n) is 9.45. The van der Waals surface area contributed by atoms with Crippen LogP contribution in [-0.2, 0) is 6.54 Å². The zero-order valence-electron chi connectivity index (χ0n) is 21.5. The van der Waals surface area contributed by atoms with E-state index in [-0.39, 0.29) is 22.7 Å². The molecule has 1 saturated heterocycles. The minimum Gasteiger partial charge on any atom is -0.496 e. The lowest BCUT2D eigenvalue weighted by atomic mass is 10.0. The molecule has 1 aromatic carbocycles. The summed E-state index contributed by atoms with van der Waals surface area (Å²) in [6.45, 7) is -0.220. The van der Waals surface area contributed by atoms with Crippen LogP contribution >= 0.6 is 0 Å². The predicted molar refractivity (Wildman–Crippen MR) is 143 cm³/mol. The van der Waals surface area contributed by atoms with Gasteiger partial charge in [0.05, 0.1) is 36.3 Å². The molecule has 210 valence electrons. The summed E-state index contributed by atoms with van der Waals surface area (Å²) in [5.41, 5.74) is 8.37. The van der Waals surface area contributed by atoms with Crippen LogP contribution in [0.2, 0.25) is 0 Å². The summed E-state index contributed by atoms with van der Waals surface area (Å²) in [4.78, 5) is 10.9. The first kappa shape index (κ1) is 27.2. The highest BCUT2D eigenvalue weighted by Crippen LogP contribution is 2.37. The zero-order chi connectivity index (χ0) is 28.4. The number of aliphatic hydroxyl groups excluding tert-OH is 1. The van der Waals surface area contributed by atoms with E-state index in [1.807, 2.05) is 4.90 Å². The van der Waals surface area contributed by atoms with Crippen LogP contribution in [0, 0.1) is 5.82 Å². The third kappa shape index (κ3) is 5.93. The van der Waals surface area contributed by atoms with Crippen LogP contribution in [0.25, 0.3) is 22.4 Å². The topological polar surface area (TPSA) is 114 Å². The van der Waals surface area contributed by atoms with Crippen molar-refractivity contribution in [3.63, 3.8) is 0 Å². The van der Waals surface area contributed by atoms with E-state index in [0.29, 0.717) is 48.0 Å². The maximum Gasteiger partial charge on any atom is 0.408 e. The Morgan fingerprint density at radius 3 is 2.75 bits per heavy atom. The number of piperidine rings is 1. The molecule has 0 spiro atoms. The summed E-state index contributed by atoms with van der Waals surface area (Å²) in [5, 5.41) is 17.3. The van der Waals surface area contributed by atoms with Gasteiger partial charge in [0, 0.05) is 42.7 Å². The summed E-state index contributed by atoms with van der Waals surface area (Å²) in [6.07, 6.45) is 0.650. The number of methoxy groups -OCH3 is 1. The number of nitrogen functional groups attached to an aromatic ring is 1. The Kier molecular flexibility index (Phi) is 7.48. The average molecular weight is 558 g/mol. The molecule has 4 aromatic rings. The SMILES string of the molecule is COc1cccc(F)c1-c1nc(Nc2cc(N3CCC[C@H](O)C3)c(-c3cnn(CC(F)(F)F)c3)cn2)ccc1N. The lowest BCUT2D eigenvalue weighted by molar-refractivity contribution is -0.142. The Labute approximate surface area is 227 Å². The Bertz CT molecular complexity index is 1510. The van der Waals surface area contributed by atoms with Crippen molar-refractivity contribution in [2.45, 2.75) is 31.7 Å². The van der Waals surface area contributed by atoms with Crippen molar-refractivity contribution < 1.29 is 27.4 Å².